The van der Waals surface area contributed by atoms with Gasteiger partial charge in [0, 0.05) is 30.9 Å². The van der Waals surface area contributed by atoms with Gasteiger partial charge in [0.1, 0.15) is 5.52 Å². The van der Waals surface area contributed by atoms with Crippen molar-refractivity contribution >= 4 is 17.3 Å². The highest BCUT2D eigenvalue weighted by Crippen LogP contribution is 2.25. The highest BCUT2D eigenvalue weighted by atomic mass is 19.4. The zero-order valence-electron chi connectivity index (χ0n) is 19.3. The number of nitrogens with zero attached hydrogens (tertiary/aromatic N) is 6. The summed E-state index contributed by atoms with van der Waals surface area (Å²) < 4.78 is 35.3. The van der Waals surface area contributed by atoms with Crippen molar-refractivity contribution in [3.63, 3.8) is 0 Å². The predicted octanol–water partition coefficient (Wildman–Crippen LogP) is 3.31. The topological polar surface area (TPSA) is 136 Å². The van der Waals surface area contributed by atoms with Gasteiger partial charge in [-0.25, -0.2) is 19.0 Å². The van der Waals surface area contributed by atoms with Crippen LogP contribution in [-0.2, 0) is 23.3 Å². The number of aromatic nitrogens is 6. The van der Waals surface area contributed by atoms with E-state index in [4.69, 9.17) is 15.6 Å². The first-order chi connectivity index (χ1) is 16.4. The van der Waals surface area contributed by atoms with Gasteiger partial charge in [-0.2, -0.15) is 18.3 Å². The lowest BCUT2D eigenvalue weighted by Gasteiger charge is -2.13. The van der Waals surface area contributed by atoms with Crippen LogP contribution in [0.3, 0.4) is 0 Å². The summed E-state index contributed by atoms with van der Waals surface area (Å²) in [4.78, 5) is 13.4. The molecule has 0 amide bonds. The van der Waals surface area contributed by atoms with Crippen LogP contribution in [0.4, 0.5) is 19.0 Å². The lowest BCUT2D eigenvalue weighted by Crippen LogP contribution is -2.21. The van der Waals surface area contributed by atoms with Crippen LogP contribution in [0.5, 0.6) is 0 Å². The Kier molecular flexibility index (Phi) is 7.39. The highest BCUT2D eigenvalue weighted by Gasteiger charge is 2.38. The van der Waals surface area contributed by atoms with Crippen molar-refractivity contribution in [1.29, 1.82) is 0 Å². The number of fused-ring (bicyclic) bond motifs is 1. The van der Waals surface area contributed by atoms with E-state index < -0.39 is 12.1 Å². The van der Waals surface area contributed by atoms with Crippen molar-refractivity contribution in [2.24, 2.45) is 5.73 Å². The average molecular weight is 490 g/mol. The third-order valence-electron chi connectivity index (χ3n) is 4.79. The van der Waals surface area contributed by atoms with Gasteiger partial charge in [0.2, 0.25) is 0 Å². The summed E-state index contributed by atoms with van der Waals surface area (Å²) in [6, 6.07) is 10.2. The number of aliphatic carboxylic acids is 1. The third-order valence-corrected chi connectivity index (χ3v) is 4.79. The second kappa shape index (κ2) is 10.1. The zero-order valence-corrected chi connectivity index (χ0v) is 19.3. The van der Waals surface area contributed by atoms with Crippen molar-refractivity contribution in [3.05, 3.63) is 65.9 Å². The first kappa shape index (κ1) is 25.6. The second-order valence-corrected chi connectivity index (χ2v) is 8.57. The average Bonchev–Trinajstić information content (AvgIpc) is 3.45. The number of rotatable bonds is 5. The Bertz CT molecular complexity index is 1310. The van der Waals surface area contributed by atoms with Gasteiger partial charge < -0.3 is 16.2 Å². The number of hydrogen-bond donors (Lipinski definition) is 3. The van der Waals surface area contributed by atoms with E-state index in [1.54, 1.807) is 10.9 Å². The first-order valence-corrected chi connectivity index (χ1v) is 10.5. The van der Waals surface area contributed by atoms with Crippen LogP contribution in [-0.4, -0.2) is 46.8 Å². The van der Waals surface area contributed by atoms with Gasteiger partial charge in [0.25, 0.3) is 0 Å². The molecule has 0 unspecified atom stereocenters. The molecule has 35 heavy (non-hydrogen) atoms. The molecule has 3 heterocycles. The van der Waals surface area contributed by atoms with Gasteiger partial charge in [0.05, 0.1) is 23.3 Å². The molecule has 186 valence electrons. The largest absolute Gasteiger partial charge is 0.490 e. The van der Waals surface area contributed by atoms with Gasteiger partial charge in [-0.1, -0.05) is 38.1 Å². The van der Waals surface area contributed by atoms with E-state index in [0.29, 0.717) is 13.1 Å². The molecule has 0 aliphatic rings. The smallest absolute Gasteiger partial charge is 0.475 e. The fourth-order valence-electron chi connectivity index (χ4n) is 2.94. The molecular weight excluding hydrogens is 465 g/mol. The number of halogens is 3. The Labute approximate surface area is 198 Å². The molecule has 10 nitrogen and oxygen atoms in total. The molecule has 1 aromatic carbocycles. The fourth-order valence-corrected chi connectivity index (χ4v) is 2.94. The lowest BCUT2D eigenvalue weighted by molar-refractivity contribution is -0.192. The molecule has 0 radical (unpaired) electrons. The summed E-state index contributed by atoms with van der Waals surface area (Å²) >= 11 is 0. The third kappa shape index (κ3) is 6.53. The van der Waals surface area contributed by atoms with Crippen LogP contribution in [0.2, 0.25) is 0 Å². The maximum absolute atomic E-state index is 10.6. The van der Waals surface area contributed by atoms with E-state index in [2.05, 4.69) is 64.7 Å². The van der Waals surface area contributed by atoms with Crippen LogP contribution in [0.1, 0.15) is 37.7 Å². The molecule has 4 aromatic rings. The molecule has 0 fully saturated rings. The maximum Gasteiger partial charge on any atom is 0.490 e. The van der Waals surface area contributed by atoms with E-state index in [-0.39, 0.29) is 5.41 Å². The molecule has 4 N–H and O–H groups in total. The fraction of sp³-hybridized carbons (Fsp3) is 0.318. The van der Waals surface area contributed by atoms with Crippen molar-refractivity contribution in [2.45, 2.75) is 45.5 Å². The number of anilines is 1. The molecule has 4 rings (SSSR count). The molecule has 0 bridgehead atoms. The summed E-state index contributed by atoms with van der Waals surface area (Å²) in [5, 5.41) is 23.4. The Morgan fingerprint density at radius 2 is 1.91 bits per heavy atom. The molecule has 0 aliphatic carbocycles. The summed E-state index contributed by atoms with van der Waals surface area (Å²) in [5.41, 5.74) is 10.4. The number of carbonyl (C=O) groups is 1. The van der Waals surface area contributed by atoms with E-state index >= 15 is 0 Å². The van der Waals surface area contributed by atoms with Gasteiger partial charge in [-0.15, -0.1) is 5.10 Å². The van der Waals surface area contributed by atoms with Crippen molar-refractivity contribution in [2.75, 3.05) is 5.32 Å². The molecule has 0 atom stereocenters. The number of nitrogens with two attached hydrogens (primary N) is 1. The maximum atomic E-state index is 10.6. The number of hydrogen-bond acceptors (Lipinski definition) is 7. The second-order valence-electron chi connectivity index (χ2n) is 8.57. The minimum absolute atomic E-state index is 0.0161. The molecule has 0 saturated carbocycles. The summed E-state index contributed by atoms with van der Waals surface area (Å²) in [5.74, 6) is -1.95. The zero-order chi connectivity index (χ0) is 25.8. The monoisotopic (exact) mass is 490 g/mol. The minimum atomic E-state index is -5.08. The summed E-state index contributed by atoms with van der Waals surface area (Å²) in [7, 11) is 0. The summed E-state index contributed by atoms with van der Waals surface area (Å²) in [6.07, 6.45) is 0.389. The van der Waals surface area contributed by atoms with Crippen molar-refractivity contribution < 1.29 is 23.1 Å². The summed E-state index contributed by atoms with van der Waals surface area (Å²) in [6.45, 7) is 7.47. The van der Waals surface area contributed by atoms with Crippen LogP contribution in [0.25, 0.3) is 11.2 Å². The molecule has 0 saturated heterocycles. The lowest BCUT2D eigenvalue weighted by atomic mass is 9.92. The quantitative estimate of drug-likeness (QED) is 0.388. The number of carboxylic acids is 1. The Balaban J connectivity index is 0.000000429. The van der Waals surface area contributed by atoms with Crippen LogP contribution < -0.4 is 11.1 Å². The predicted molar refractivity (Wildman–Crippen MR) is 122 cm³/mol. The molecule has 13 heteroatoms. The number of benzene rings is 1. The Morgan fingerprint density at radius 3 is 2.51 bits per heavy atom. The number of nitrogens with one attached hydrogen (secondary N) is 1. The van der Waals surface area contributed by atoms with E-state index in [0.717, 1.165) is 34.0 Å². The highest BCUT2D eigenvalue weighted by molar-refractivity contribution is 5.73. The molecular formula is C22H25F3N8O2. The van der Waals surface area contributed by atoms with Crippen LogP contribution >= 0.6 is 0 Å². The van der Waals surface area contributed by atoms with Crippen molar-refractivity contribution in [3.8, 4) is 5.69 Å². The first-order valence-electron chi connectivity index (χ1n) is 10.5. The SMILES string of the molecule is CC(C)(C)c1cc2c(NCc3cccc(-n4cc(CN)nn4)c3)nccn2n1.O=C(O)C(F)(F)F. The number of carboxylic acid groups (broad SMARTS) is 1. The molecule has 3 aromatic heterocycles. The molecule has 0 spiro atoms. The van der Waals surface area contributed by atoms with Crippen LogP contribution in [0.15, 0.2) is 48.9 Å². The van der Waals surface area contributed by atoms with Crippen LogP contribution in [0, 0.1) is 0 Å². The van der Waals surface area contributed by atoms with E-state index in [1.165, 1.54) is 0 Å². The number of alkyl halides is 3. The van der Waals surface area contributed by atoms with Gasteiger partial charge >= 0.3 is 12.1 Å². The Morgan fingerprint density at radius 1 is 1.20 bits per heavy atom. The normalized spacial score (nSPS) is 11.7. The Hall–Kier alpha value is -4.00. The minimum Gasteiger partial charge on any atom is -0.475 e. The molecule has 0 aliphatic heterocycles. The standard InChI is InChI=1S/C20H24N8.C2HF3O2/c1-20(2,3)18-10-17-19(22-7-8-27(17)25-18)23-12-14-5-4-6-16(9-14)28-13-15(11-21)24-26-28;3-2(4,5)1(6)7/h4-10,13H,11-12,21H2,1-3H3,(H,22,23);(H,6,7). The van der Waals surface area contributed by atoms with Gasteiger partial charge in [-0.05, 0) is 23.8 Å². The van der Waals surface area contributed by atoms with E-state index in [1.807, 2.05) is 29.0 Å². The van der Waals surface area contributed by atoms with Gasteiger partial charge in [0.15, 0.2) is 5.82 Å². The van der Waals surface area contributed by atoms with E-state index in [9.17, 15) is 13.2 Å². The van der Waals surface area contributed by atoms with Gasteiger partial charge in [-0.3, -0.25) is 0 Å². The van der Waals surface area contributed by atoms with Crippen molar-refractivity contribution in [1.82, 2.24) is 29.6 Å².